The standard InChI is InChI=1S/C8H12BNO3/c1-7(11,4-5-9(12)13)8(6-10)2-3-8/h4-5,11-13H,2-3H2,1H3/b5-4+/t7-/m1/s1. The molecule has 0 amide bonds. The SMILES string of the molecule is C[C@@](O)(/C=C/B(O)O)C1(C#N)CC1. The topological polar surface area (TPSA) is 84.5 Å². The summed E-state index contributed by atoms with van der Waals surface area (Å²) in [5.41, 5.74) is -2.00. The van der Waals surface area contributed by atoms with Gasteiger partial charge in [-0.05, 0) is 19.8 Å². The quantitative estimate of drug-likeness (QED) is 0.517. The van der Waals surface area contributed by atoms with Gasteiger partial charge in [-0.25, -0.2) is 0 Å². The van der Waals surface area contributed by atoms with Crippen molar-refractivity contribution in [1.82, 2.24) is 0 Å². The highest BCUT2D eigenvalue weighted by molar-refractivity contribution is 6.47. The lowest BCUT2D eigenvalue weighted by atomic mass is 9.82. The largest absolute Gasteiger partial charge is 0.480 e. The van der Waals surface area contributed by atoms with Crippen LogP contribution in [0.5, 0.6) is 0 Å². The Hall–Kier alpha value is -0.825. The molecule has 70 valence electrons. The molecule has 0 aromatic heterocycles. The van der Waals surface area contributed by atoms with Crippen LogP contribution in [0, 0.1) is 16.7 Å². The fourth-order valence-corrected chi connectivity index (χ4v) is 1.29. The van der Waals surface area contributed by atoms with Crippen molar-refractivity contribution in [1.29, 1.82) is 5.26 Å². The Labute approximate surface area is 77.3 Å². The number of nitriles is 1. The molecule has 1 saturated carbocycles. The van der Waals surface area contributed by atoms with Crippen LogP contribution in [0.15, 0.2) is 12.1 Å². The molecule has 0 aromatic rings. The summed E-state index contributed by atoms with van der Waals surface area (Å²) < 4.78 is 0. The fourth-order valence-electron chi connectivity index (χ4n) is 1.29. The maximum atomic E-state index is 9.82. The Morgan fingerprint density at radius 1 is 1.54 bits per heavy atom. The van der Waals surface area contributed by atoms with Gasteiger partial charge >= 0.3 is 7.12 Å². The Morgan fingerprint density at radius 3 is 2.38 bits per heavy atom. The van der Waals surface area contributed by atoms with Crippen molar-refractivity contribution < 1.29 is 15.2 Å². The molecule has 0 spiro atoms. The van der Waals surface area contributed by atoms with Crippen molar-refractivity contribution in [3.63, 3.8) is 0 Å². The van der Waals surface area contributed by atoms with Crippen LogP contribution in [0.4, 0.5) is 0 Å². The summed E-state index contributed by atoms with van der Waals surface area (Å²) in [5.74, 6) is 1.07. The molecule has 1 rings (SSSR count). The Morgan fingerprint density at radius 2 is 2.08 bits per heavy atom. The second-order valence-electron chi connectivity index (χ2n) is 3.61. The van der Waals surface area contributed by atoms with Crippen molar-refractivity contribution >= 4 is 7.12 Å². The normalized spacial score (nSPS) is 23.6. The smallest absolute Gasteiger partial charge is 0.424 e. The predicted octanol–water partition coefficient (Wildman–Crippen LogP) is -0.391. The van der Waals surface area contributed by atoms with E-state index in [-0.39, 0.29) is 0 Å². The summed E-state index contributed by atoms with van der Waals surface area (Å²) in [4.78, 5) is 0. The molecule has 5 heteroatoms. The van der Waals surface area contributed by atoms with Crippen LogP contribution in [-0.2, 0) is 0 Å². The third kappa shape index (κ3) is 1.91. The van der Waals surface area contributed by atoms with Gasteiger partial charge in [-0.3, -0.25) is 0 Å². The van der Waals surface area contributed by atoms with Gasteiger partial charge in [-0.2, -0.15) is 5.26 Å². The van der Waals surface area contributed by atoms with E-state index in [1.54, 1.807) is 0 Å². The van der Waals surface area contributed by atoms with E-state index in [1.165, 1.54) is 13.0 Å². The number of hydrogen-bond acceptors (Lipinski definition) is 4. The first kappa shape index (κ1) is 10.3. The zero-order chi connectivity index (χ0) is 10.1. The molecule has 1 fully saturated rings. The van der Waals surface area contributed by atoms with Crippen LogP contribution < -0.4 is 0 Å². The maximum absolute atomic E-state index is 9.82. The van der Waals surface area contributed by atoms with Gasteiger partial charge < -0.3 is 15.2 Å². The number of hydrogen-bond donors (Lipinski definition) is 3. The van der Waals surface area contributed by atoms with Gasteiger partial charge in [0.1, 0.15) is 0 Å². The molecule has 4 nitrogen and oxygen atoms in total. The molecule has 0 unspecified atom stereocenters. The maximum Gasteiger partial charge on any atom is 0.480 e. The minimum absolute atomic E-state index is 0.655. The van der Waals surface area contributed by atoms with Gasteiger partial charge in [0.05, 0.1) is 17.1 Å². The summed E-state index contributed by atoms with van der Waals surface area (Å²) >= 11 is 0. The first-order valence-electron chi connectivity index (χ1n) is 4.13. The Bertz CT molecular complexity index is 263. The van der Waals surface area contributed by atoms with Crippen molar-refractivity contribution in [2.45, 2.75) is 25.4 Å². The molecule has 0 aliphatic heterocycles. The third-order valence-corrected chi connectivity index (χ3v) is 2.53. The van der Waals surface area contributed by atoms with E-state index in [2.05, 4.69) is 6.07 Å². The second kappa shape index (κ2) is 3.15. The molecule has 1 atom stereocenters. The van der Waals surface area contributed by atoms with Gasteiger partial charge in [0.25, 0.3) is 0 Å². The highest BCUT2D eigenvalue weighted by atomic mass is 16.4. The van der Waals surface area contributed by atoms with E-state index in [0.29, 0.717) is 12.8 Å². The van der Waals surface area contributed by atoms with Gasteiger partial charge in [0.2, 0.25) is 0 Å². The molecule has 3 N–H and O–H groups in total. The van der Waals surface area contributed by atoms with E-state index in [0.717, 1.165) is 5.98 Å². The lowest BCUT2D eigenvalue weighted by Crippen LogP contribution is -2.33. The van der Waals surface area contributed by atoms with Crippen molar-refractivity contribution in [3.8, 4) is 6.07 Å². The first-order chi connectivity index (χ1) is 5.93. The van der Waals surface area contributed by atoms with Crippen LogP contribution in [0.3, 0.4) is 0 Å². The van der Waals surface area contributed by atoms with Crippen molar-refractivity contribution in [3.05, 3.63) is 12.1 Å². The monoisotopic (exact) mass is 181 g/mol. The van der Waals surface area contributed by atoms with E-state index in [4.69, 9.17) is 15.3 Å². The van der Waals surface area contributed by atoms with Crippen LogP contribution in [0.1, 0.15) is 19.8 Å². The van der Waals surface area contributed by atoms with Crippen LogP contribution in [-0.4, -0.2) is 27.9 Å². The Kier molecular flexibility index (Phi) is 2.48. The number of rotatable bonds is 3. The van der Waals surface area contributed by atoms with Crippen molar-refractivity contribution in [2.75, 3.05) is 0 Å². The molecule has 0 radical (unpaired) electrons. The summed E-state index contributed by atoms with van der Waals surface area (Å²) in [5, 5.41) is 35.7. The van der Waals surface area contributed by atoms with E-state index >= 15 is 0 Å². The zero-order valence-electron chi connectivity index (χ0n) is 7.44. The molecule has 0 bridgehead atoms. The van der Waals surface area contributed by atoms with E-state index < -0.39 is 18.1 Å². The molecule has 13 heavy (non-hydrogen) atoms. The molecule has 1 aliphatic rings. The molecular formula is C8H12BNO3. The molecule has 0 saturated heterocycles. The van der Waals surface area contributed by atoms with Crippen LogP contribution in [0.2, 0.25) is 0 Å². The highest BCUT2D eigenvalue weighted by Gasteiger charge is 2.55. The highest BCUT2D eigenvalue weighted by Crippen LogP contribution is 2.53. The predicted molar refractivity (Wildman–Crippen MR) is 47.2 cm³/mol. The molecule has 0 aromatic carbocycles. The fraction of sp³-hybridized carbons (Fsp3) is 0.625. The molecule has 1 aliphatic carbocycles. The van der Waals surface area contributed by atoms with Gasteiger partial charge in [0.15, 0.2) is 0 Å². The average Bonchev–Trinajstić information content (AvgIpc) is 2.81. The summed E-state index contributed by atoms with van der Waals surface area (Å²) in [7, 11) is -1.58. The molecule has 0 heterocycles. The van der Waals surface area contributed by atoms with Crippen molar-refractivity contribution in [2.24, 2.45) is 5.41 Å². The lowest BCUT2D eigenvalue weighted by Gasteiger charge is -2.24. The van der Waals surface area contributed by atoms with Crippen LogP contribution in [0.25, 0.3) is 0 Å². The second-order valence-corrected chi connectivity index (χ2v) is 3.61. The minimum Gasteiger partial charge on any atom is -0.424 e. The average molecular weight is 181 g/mol. The number of nitrogens with zero attached hydrogens (tertiary/aromatic N) is 1. The van der Waals surface area contributed by atoms with E-state index in [1.807, 2.05) is 0 Å². The van der Waals surface area contributed by atoms with Gasteiger partial charge in [0, 0.05) is 0 Å². The van der Waals surface area contributed by atoms with Crippen LogP contribution >= 0.6 is 0 Å². The molecular weight excluding hydrogens is 169 g/mol. The summed E-state index contributed by atoms with van der Waals surface area (Å²) in [6, 6.07) is 2.05. The Balaban J connectivity index is 2.73. The first-order valence-corrected chi connectivity index (χ1v) is 4.13. The number of aliphatic hydroxyl groups is 1. The third-order valence-electron chi connectivity index (χ3n) is 2.53. The zero-order valence-corrected chi connectivity index (χ0v) is 7.44. The summed E-state index contributed by atoms with van der Waals surface area (Å²) in [6.45, 7) is 1.50. The lowest BCUT2D eigenvalue weighted by molar-refractivity contribution is 0.0580. The summed E-state index contributed by atoms with van der Waals surface area (Å²) in [6.07, 6.45) is 2.58. The van der Waals surface area contributed by atoms with Gasteiger partial charge in [-0.1, -0.05) is 12.1 Å². The van der Waals surface area contributed by atoms with E-state index in [9.17, 15) is 5.11 Å². The minimum atomic E-state index is -1.58. The van der Waals surface area contributed by atoms with Gasteiger partial charge in [-0.15, -0.1) is 0 Å².